The van der Waals surface area contributed by atoms with Crippen molar-refractivity contribution in [2.75, 3.05) is 0 Å². The van der Waals surface area contributed by atoms with Crippen molar-refractivity contribution in [2.45, 2.75) is 39.3 Å². The summed E-state index contributed by atoms with van der Waals surface area (Å²) in [5.74, 6) is -1.55. The van der Waals surface area contributed by atoms with Crippen molar-refractivity contribution in [2.24, 2.45) is 11.7 Å². The maximum atomic E-state index is 11.2. The number of carboxylic acids is 1. The minimum atomic E-state index is -1.02. The molecule has 1 amide bonds. The first-order valence-corrected chi connectivity index (χ1v) is 4.68. The number of amides is 1. The zero-order chi connectivity index (χ0) is 11.3. The summed E-state index contributed by atoms with van der Waals surface area (Å²) >= 11 is 0. The average molecular weight is 202 g/mol. The number of carboxylic acid groups (broad SMARTS) is 1. The molecule has 0 radical (unpaired) electrons. The van der Waals surface area contributed by atoms with Crippen molar-refractivity contribution < 1.29 is 14.7 Å². The number of hydrogen-bond donors (Lipinski definition) is 3. The highest BCUT2D eigenvalue weighted by Gasteiger charge is 2.25. The van der Waals surface area contributed by atoms with E-state index in [0.29, 0.717) is 6.42 Å². The molecule has 5 nitrogen and oxygen atoms in total. The molecule has 0 fully saturated rings. The van der Waals surface area contributed by atoms with Gasteiger partial charge in [0.15, 0.2) is 0 Å². The van der Waals surface area contributed by atoms with E-state index in [1.54, 1.807) is 6.92 Å². The molecule has 0 spiro atoms. The molecule has 0 aromatic carbocycles. The Morgan fingerprint density at radius 2 is 1.93 bits per heavy atom. The highest BCUT2D eigenvalue weighted by Crippen LogP contribution is 2.07. The zero-order valence-corrected chi connectivity index (χ0v) is 8.78. The van der Waals surface area contributed by atoms with E-state index < -0.39 is 24.0 Å². The lowest BCUT2D eigenvalue weighted by Crippen LogP contribution is -2.50. The Kier molecular flexibility index (Phi) is 5.15. The highest BCUT2D eigenvalue weighted by molar-refractivity contribution is 5.86. The Morgan fingerprint density at radius 3 is 2.21 bits per heavy atom. The number of nitrogens with two attached hydrogens (primary N) is 1. The van der Waals surface area contributed by atoms with Crippen LogP contribution in [0, 0.1) is 5.92 Å². The van der Waals surface area contributed by atoms with Crippen LogP contribution in [0.5, 0.6) is 0 Å². The van der Waals surface area contributed by atoms with Crippen molar-refractivity contribution >= 4 is 11.9 Å². The summed E-state index contributed by atoms with van der Waals surface area (Å²) in [6.07, 6.45) is 0.691. The molecule has 0 saturated heterocycles. The second kappa shape index (κ2) is 5.59. The van der Waals surface area contributed by atoms with E-state index >= 15 is 0 Å². The van der Waals surface area contributed by atoms with Crippen molar-refractivity contribution in [3.8, 4) is 0 Å². The van der Waals surface area contributed by atoms with E-state index in [1.807, 2.05) is 6.92 Å². The van der Waals surface area contributed by atoms with Crippen LogP contribution in [0.3, 0.4) is 0 Å². The van der Waals surface area contributed by atoms with Gasteiger partial charge in [-0.1, -0.05) is 20.3 Å². The molecule has 0 rings (SSSR count). The van der Waals surface area contributed by atoms with Gasteiger partial charge < -0.3 is 16.2 Å². The molecule has 14 heavy (non-hydrogen) atoms. The third-order valence-corrected chi connectivity index (χ3v) is 2.19. The predicted octanol–water partition coefficient (Wildman–Crippen LogP) is -0.0509. The molecule has 0 bridgehead atoms. The fourth-order valence-electron chi connectivity index (χ4n) is 0.968. The summed E-state index contributed by atoms with van der Waals surface area (Å²) in [7, 11) is 0. The number of carbonyl (C=O) groups is 2. The van der Waals surface area contributed by atoms with Crippen LogP contribution in [0.1, 0.15) is 27.2 Å². The van der Waals surface area contributed by atoms with Crippen molar-refractivity contribution in [3.05, 3.63) is 0 Å². The van der Waals surface area contributed by atoms with Gasteiger partial charge in [0.1, 0.15) is 6.04 Å². The normalized spacial score (nSPS) is 16.9. The molecule has 0 aliphatic heterocycles. The Labute approximate surface area is 83.7 Å². The van der Waals surface area contributed by atoms with Gasteiger partial charge in [-0.15, -0.1) is 0 Å². The molecule has 3 atom stereocenters. The van der Waals surface area contributed by atoms with Gasteiger partial charge in [-0.3, -0.25) is 4.79 Å². The molecule has 5 heteroatoms. The summed E-state index contributed by atoms with van der Waals surface area (Å²) in [5, 5.41) is 11.3. The quantitative estimate of drug-likeness (QED) is 0.582. The zero-order valence-electron chi connectivity index (χ0n) is 8.78. The lowest BCUT2D eigenvalue weighted by atomic mass is 9.99. The predicted molar refractivity (Wildman–Crippen MR) is 52.7 cm³/mol. The van der Waals surface area contributed by atoms with Crippen LogP contribution >= 0.6 is 0 Å². The first kappa shape index (κ1) is 12.9. The van der Waals surface area contributed by atoms with Gasteiger partial charge >= 0.3 is 5.97 Å². The van der Waals surface area contributed by atoms with Crippen molar-refractivity contribution in [3.63, 3.8) is 0 Å². The molecule has 0 aliphatic carbocycles. The summed E-state index contributed by atoms with van der Waals surface area (Å²) in [6, 6.07) is -1.53. The molecule has 0 saturated carbocycles. The van der Waals surface area contributed by atoms with E-state index in [0.717, 1.165) is 0 Å². The van der Waals surface area contributed by atoms with E-state index in [9.17, 15) is 9.59 Å². The second-order valence-electron chi connectivity index (χ2n) is 3.50. The third kappa shape index (κ3) is 3.74. The van der Waals surface area contributed by atoms with Gasteiger partial charge in [0.05, 0.1) is 6.04 Å². The second-order valence-corrected chi connectivity index (χ2v) is 3.50. The van der Waals surface area contributed by atoms with E-state index in [2.05, 4.69) is 5.32 Å². The summed E-state index contributed by atoms with van der Waals surface area (Å²) in [4.78, 5) is 22.0. The molecule has 1 unspecified atom stereocenters. The molecule has 82 valence electrons. The molecule has 4 N–H and O–H groups in total. The molecular formula is C9H18N2O3. The van der Waals surface area contributed by atoms with Gasteiger partial charge in [-0.25, -0.2) is 4.79 Å². The Morgan fingerprint density at radius 1 is 1.43 bits per heavy atom. The van der Waals surface area contributed by atoms with Gasteiger partial charge in [0.25, 0.3) is 0 Å². The van der Waals surface area contributed by atoms with E-state index in [4.69, 9.17) is 10.8 Å². The van der Waals surface area contributed by atoms with Crippen LogP contribution < -0.4 is 11.1 Å². The standard InChI is InChI=1S/C9H18N2O3/c1-4-5(2)7(9(13)14)11-8(12)6(3)10/h5-7H,4,10H2,1-3H3,(H,11,12)(H,13,14)/t5-,6?,7-/m0/s1. The number of hydrogen-bond acceptors (Lipinski definition) is 3. The van der Waals surface area contributed by atoms with E-state index in [-0.39, 0.29) is 5.92 Å². The van der Waals surface area contributed by atoms with Crippen LogP contribution in [0.25, 0.3) is 0 Å². The van der Waals surface area contributed by atoms with Crippen LogP contribution in [0.2, 0.25) is 0 Å². The van der Waals surface area contributed by atoms with Gasteiger partial charge in [-0.2, -0.15) is 0 Å². The monoisotopic (exact) mass is 202 g/mol. The Bertz CT molecular complexity index is 216. The summed E-state index contributed by atoms with van der Waals surface area (Å²) in [5.41, 5.74) is 5.32. The van der Waals surface area contributed by atoms with Crippen LogP contribution in [-0.2, 0) is 9.59 Å². The first-order chi connectivity index (χ1) is 6.40. The average Bonchev–Trinajstić information content (AvgIpc) is 2.11. The van der Waals surface area contributed by atoms with Crippen LogP contribution in [-0.4, -0.2) is 29.1 Å². The highest BCUT2D eigenvalue weighted by atomic mass is 16.4. The molecule has 0 heterocycles. The first-order valence-electron chi connectivity index (χ1n) is 4.68. The molecular weight excluding hydrogens is 184 g/mol. The number of rotatable bonds is 5. The topological polar surface area (TPSA) is 92.4 Å². The van der Waals surface area contributed by atoms with Crippen molar-refractivity contribution in [1.29, 1.82) is 0 Å². The Hall–Kier alpha value is -1.10. The molecule has 0 aromatic rings. The number of nitrogens with one attached hydrogen (secondary N) is 1. The SMILES string of the molecule is CC[C@H](C)[C@H](NC(=O)C(C)N)C(=O)O. The Balaban J connectivity index is 4.38. The fourth-order valence-corrected chi connectivity index (χ4v) is 0.968. The smallest absolute Gasteiger partial charge is 0.326 e. The lowest BCUT2D eigenvalue weighted by molar-refractivity contribution is -0.143. The summed E-state index contributed by atoms with van der Waals surface area (Å²) in [6.45, 7) is 5.17. The number of carbonyl (C=O) groups excluding carboxylic acids is 1. The fraction of sp³-hybridized carbons (Fsp3) is 0.778. The molecule has 0 aromatic heterocycles. The minimum Gasteiger partial charge on any atom is -0.480 e. The van der Waals surface area contributed by atoms with Crippen LogP contribution in [0.4, 0.5) is 0 Å². The molecule has 0 aliphatic rings. The maximum absolute atomic E-state index is 11.2. The van der Waals surface area contributed by atoms with Gasteiger partial charge in [-0.05, 0) is 12.8 Å². The van der Waals surface area contributed by atoms with Gasteiger partial charge in [0, 0.05) is 0 Å². The third-order valence-electron chi connectivity index (χ3n) is 2.19. The lowest BCUT2D eigenvalue weighted by Gasteiger charge is -2.20. The van der Waals surface area contributed by atoms with E-state index in [1.165, 1.54) is 6.92 Å². The van der Waals surface area contributed by atoms with Gasteiger partial charge in [0.2, 0.25) is 5.91 Å². The largest absolute Gasteiger partial charge is 0.480 e. The maximum Gasteiger partial charge on any atom is 0.326 e. The van der Waals surface area contributed by atoms with Crippen molar-refractivity contribution in [1.82, 2.24) is 5.32 Å². The summed E-state index contributed by atoms with van der Waals surface area (Å²) < 4.78 is 0. The number of aliphatic carboxylic acids is 1. The van der Waals surface area contributed by atoms with Crippen LogP contribution in [0.15, 0.2) is 0 Å². The minimum absolute atomic E-state index is 0.102.